The van der Waals surface area contributed by atoms with Crippen LogP contribution in [0.2, 0.25) is 0 Å². The van der Waals surface area contributed by atoms with Crippen LogP contribution in [0.25, 0.3) is 0 Å². The molecule has 1 aromatic carbocycles. The van der Waals surface area contributed by atoms with Crippen molar-refractivity contribution in [3.63, 3.8) is 0 Å². The van der Waals surface area contributed by atoms with Gasteiger partial charge in [0.15, 0.2) is 0 Å². The first-order chi connectivity index (χ1) is 11.5. The van der Waals surface area contributed by atoms with Crippen molar-refractivity contribution in [1.82, 2.24) is 0 Å². The van der Waals surface area contributed by atoms with Gasteiger partial charge in [-0.2, -0.15) is 0 Å². The molecule has 0 aliphatic heterocycles. The second-order valence-corrected chi connectivity index (χ2v) is 8.63. The van der Waals surface area contributed by atoms with E-state index < -0.39 is 7.82 Å². The van der Waals surface area contributed by atoms with Gasteiger partial charge in [-0.1, -0.05) is 12.1 Å². The third-order valence-corrected chi connectivity index (χ3v) is 6.12. The monoisotopic (exact) mass is 350 g/mol. The molecule has 5 nitrogen and oxygen atoms in total. The van der Waals surface area contributed by atoms with Crippen LogP contribution in [0.15, 0.2) is 36.1 Å². The van der Waals surface area contributed by atoms with Crippen LogP contribution in [0, 0.1) is 23.7 Å². The summed E-state index contributed by atoms with van der Waals surface area (Å²) in [5.41, 5.74) is 2.33. The highest BCUT2D eigenvalue weighted by Crippen LogP contribution is 2.56. The summed E-state index contributed by atoms with van der Waals surface area (Å²) in [6.45, 7) is 0.383. The highest BCUT2D eigenvalue weighted by molar-refractivity contribution is 7.46. The fraction of sp³-hybridized carbons (Fsp3) is 0.556. The predicted octanol–water partition coefficient (Wildman–Crippen LogP) is 4.01. The number of hydrogen-bond donors (Lipinski definition) is 2. The first kappa shape index (κ1) is 16.2. The van der Waals surface area contributed by atoms with Crippen LogP contribution < -0.4 is 4.52 Å². The molecule has 1 aromatic rings. The van der Waals surface area contributed by atoms with E-state index >= 15 is 0 Å². The Morgan fingerprint density at radius 2 is 1.75 bits per heavy atom. The molecule has 24 heavy (non-hydrogen) atoms. The Balaban J connectivity index is 1.39. The second kappa shape index (κ2) is 6.21. The molecular weight excluding hydrogens is 327 g/mol. The Bertz CT molecular complexity index is 662. The Morgan fingerprint density at radius 1 is 1.08 bits per heavy atom. The lowest BCUT2D eigenvalue weighted by atomic mass is 9.54. The third-order valence-electron chi connectivity index (χ3n) is 5.67. The Morgan fingerprint density at radius 3 is 2.38 bits per heavy atom. The number of phosphoric acid groups is 1. The molecule has 0 radical (unpaired) electrons. The highest BCUT2D eigenvalue weighted by atomic mass is 31.2. The number of phosphoric ester groups is 1. The Labute approximate surface area is 141 Å². The summed E-state index contributed by atoms with van der Waals surface area (Å²) in [6.07, 6.45) is 8.71. The molecule has 2 N–H and O–H groups in total. The predicted molar refractivity (Wildman–Crippen MR) is 89.0 cm³/mol. The van der Waals surface area contributed by atoms with Crippen molar-refractivity contribution in [3.05, 3.63) is 41.7 Å². The molecule has 4 aliphatic rings. The fourth-order valence-corrected chi connectivity index (χ4v) is 5.37. The zero-order chi connectivity index (χ0) is 16.7. The summed E-state index contributed by atoms with van der Waals surface area (Å²) < 4.78 is 21.3. The second-order valence-electron chi connectivity index (χ2n) is 7.46. The number of hydrogen-bond acceptors (Lipinski definition) is 3. The molecule has 4 aliphatic carbocycles. The lowest BCUT2D eigenvalue weighted by Crippen LogP contribution is -2.40. The molecule has 130 valence electrons. The SMILES string of the molecule is O=P(O)(O)Oc1cccc(COC=C2C3CC4CC(C3)CC2C4)c1. The van der Waals surface area contributed by atoms with Crippen molar-refractivity contribution in [2.24, 2.45) is 23.7 Å². The van der Waals surface area contributed by atoms with Gasteiger partial charge in [0, 0.05) is 0 Å². The summed E-state index contributed by atoms with van der Waals surface area (Å²) in [5.74, 6) is 3.46. The van der Waals surface area contributed by atoms with E-state index in [1.54, 1.807) is 12.1 Å². The van der Waals surface area contributed by atoms with E-state index in [1.165, 1.54) is 43.7 Å². The molecular formula is C18H23O5P. The highest BCUT2D eigenvalue weighted by Gasteiger charge is 2.45. The topological polar surface area (TPSA) is 76.0 Å². The van der Waals surface area contributed by atoms with Gasteiger partial charge in [-0.15, -0.1) is 0 Å². The number of allylic oxidation sites excluding steroid dienone is 1. The molecule has 0 spiro atoms. The van der Waals surface area contributed by atoms with E-state index in [0.717, 1.165) is 17.4 Å². The van der Waals surface area contributed by atoms with Gasteiger partial charge < -0.3 is 9.26 Å². The molecule has 0 atom stereocenters. The maximum Gasteiger partial charge on any atom is 0.524 e. The fourth-order valence-electron chi connectivity index (χ4n) is 4.98. The van der Waals surface area contributed by atoms with E-state index in [2.05, 4.69) is 4.52 Å². The van der Waals surface area contributed by atoms with E-state index in [4.69, 9.17) is 14.5 Å². The zero-order valence-corrected chi connectivity index (χ0v) is 14.4. The lowest BCUT2D eigenvalue weighted by Gasteiger charge is -2.51. The summed E-state index contributed by atoms with van der Waals surface area (Å²) in [7, 11) is -4.52. The number of ether oxygens (including phenoxy) is 1. The first-order valence-electron chi connectivity index (χ1n) is 8.62. The summed E-state index contributed by atoms with van der Waals surface area (Å²) in [4.78, 5) is 17.7. The van der Waals surface area contributed by atoms with Crippen molar-refractivity contribution in [3.8, 4) is 5.75 Å². The first-order valence-corrected chi connectivity index (χ1v) is 10.1. The molecule has 4 fully saturated rings. The quantitative estimate of drug-likeness (QED) is 0.620. The van der Waals surface area contributed by atoms with Crippen LogP contribution in [-0.2, 0) is 15.9 Å². The van der Waals surface area contributed by atoms with Crippen molar-refractivity contribution in [1.29, 1.82) is 0 Å². The van der Waals surface area contributed by atoms with Gasteiger partial charge in [-0.05, 0) is 79.0 Å². The molecule has 0 amide bonds. The van der Waals surface area contributed by atoms with Crippen molar-refractivity contribution in [2.45, 2.75) is 38.7 Å². The minimum Gasteiger partial charge on any atom is -0.497 e. The molecule has 4 saturated carbocycles. The normalized spacial score (nSPS) is 31.2. The molecule has 4 bridgehead atoms. The third kappa shape index (κ3) is 3.53. The minimum absolute atomic E-state index is 0.159. The number of benzene rings is 1. The van der Waals surface area contributed by atoms with E-state index in [0.29, 0.717) is 18.4 Å². The maximum absolute atomic E-state index is 10.9. The van der Waals surface area contributed by atoms with Crippen LogP contribution in [0.1, 0.15) is 37.7 Å². The van der Waals surface area contributed by atoms with Crippen LogP contribution in [0.3, 0.4) is 0 Å². The van der Waals surface area contributed by atoms with E-state index in [9.17, 15) is 4.57 Å². The van der Waals surface area contributed by atoms with Crippen LogP contribution in [-0.4, -0.2) is 9.79 Å². The average molecular weight is 350 g/mol. The zero-order valence-electron chi connectivity index (χ0n) is 13.5. The van der Waals surface area contributed by atoms with Crippen molar-refractivity contribution >= 4 is 7.82 Å². The van der Waals surface area contributed by atoms with Crippen LogP contribution in [0.4, 0.5) is 0 Å². The Hall–Kier alpha value is -1.29. The largest absolute Gasteiger partial charge is 0.524 e. The molecule has 0 saturated heterocycles. The van der Waals surface area contributed by atoms with E-state index in [-0.39, 0.29) is 5.75 Å². The standard InChI is InChI=1S/C18H23O5P/c19-24(20,21)23-17-3-1-2-12(9-17)10-22-11-18-15-5-13-4-14(7-15)8-16(18)6-13/h1-3,9,11,13-16H,4-8,10H2,(H2,19,20,21). The molecule has 5 rings (SSSR count). The smallest absolute Gasteiger partial charge is 0.497 e. The maximum atomic E-state index is 10.9. The van der Waals surface area contributed by atoms with Gasteiger partial charge in [0.2, 0.25) is 0 Å². The summed E-state index contributed by atoms with van der Waals surface area (Å²) in [5, 5.41) is 0. The average Bonchev–Trinajstić information content (AvgIpc) is 2.48. The van der Waals surface area contributed by atoms with Gasteiger partial charge in [0.05, 0.1) is 6.26 Å². The molecule has 0 unspecified atom stereocenters. The van der Waals surface area contributed by atoms with Gasteiger partial charge >= 0.3 is 7.82 Å². The number of rotatable bonds is 5. The molecule has 6 heteroatoms. The van der Waals surface area contributed by atoms with Gasteiger partial charge in [-0.3, -0.25) is 9.79 Å². The summed E-state index contributed by atoms with van der Waals surface area (Å²) >= 11 is 0. The van der Waals surface area contributed by atoms with Crippen LogP contribution in [0.5, 0.6) is 5.75 Å². The van der Waals surface area contributed by atoms with Gasteiger partial charge in [-0.25, -0.2) is 4.57 Å². The van der Waals surface area contributed by atoms with Crippen LogP contribution >= 0.6 is 7.82 Å². The molecule has 0 heterocycles. The van der Waals surface area contributed by atoms with Crippen molar-refractivity contribution in [2.75, 3.05) is 0 Å². The van der Waals surface area contributed by atoms with Gasteiger partial charge in [0.25, 0.3) is 0 Å². The van der Waals surface area contributed by atoms with Gasteiger partial charge in [0.1, 0.15) is 12.4 Å². The lowest BCUT2D eigenvalue weighted by molar-refractivity contribution is 0.0632. The Kier molecular flexibility index (Phi) is 4.19. The summed E-state index contributed by atoms with van der Waals surface area (Å²) in [6, 6.07) is 6.70. The van der Waals surface area contributed by atoms with Crippen molar-refractivity contribution < 1.29 is 23.6 Å². The minimum atomic E-state index is -4.52. The molecule has 0 aromatic heterocycles. The van der Waals surface area contributed by atoms with E-state index in [1.807, 2.05) is 12.3 Å².